The van der Waals surface area contributed by atoms with Crippen LogP contribution in [0.4, 0.5) is 5.69 Å². The topological polar surface area (TPSA) is 35.2 Å². The molecule has 6 heteroatoms. The maximum absolute atomic E-state index is 4.40. The van der Waals surface area contributed by atoms with E-state index in [4.69, 9.17) is 0 Å². The largest absolute Gasteiger partial charge is 0.363 e. The lowest BCUT2D eigenvalue weighted by Gasteiger charge is -2.23. The Labute approximate surface area is 166 Å². The first-order chi connectivity index (χ1) is 12.8. The Morgan fingerprint density at radius 2 is 2.00 bits per heavy atom. The molecule has 2 aromatic carbocycles. The van der Waals surface area contributed by atoms with Crippen LogP contribution >= 0.6 is 27.9 Å². The van der Waals surface area contributed by atoms with Gasteiger partial charge in [0.05, 0.1) is 24.3 Å². The van der Waals surface area contributed by atoms with Gasteiger partial charge in [0, 0.05) is 35.2 Å². The molecule has 0 atom stereocenters. The number of nitrogens with one attached hydrogen (secondary N) is 1. The van der Waals surface area contributed by atoms with Crippen LogP contribution in [0.25, 0.3) is 0 Å². The van der Waals surface area contributed by atoms with Gasteiger partial charge in [0.2, 0.25) is 0 Å². The van der Waals surface area contributed by atoms with E-state index in [0.717, 1.165) is 42.8 Å². The molecule has 4 rings (SSSR count). The van der Waals surface area contributed by atoms with Crippen LogP contribution in [0, 0.1) is 0 Å². The highest BCUT2D eigenvalue weighted by molar-refractivity contribution is 9.10. The average Bonchev–Trinajstić information content (AvgIpc) is 3.11. The molecule has 0 amide bonds. The summed E-state index contributed by atoms with van der Waals surface area (Å²) in [5.74, 6) is 0. The lowest BCUT2D eigenvalue weighted by Crippen LogP contribution is -2.30. The Morgan fingerprint density at radius 3 is 2.81 bits per heavy atom. The first kappa shape index (κ1) is 17.6. The van der Waals surface area contributed by atoms with E-state index in [1.54, 1.807) is 6.33 Å². The van der Waals surface area contributed by atoms with Gasteiger partial charge in [-0.25, -0.2) is 9.29 Å². The fraction of sp³-hybridized carbons (Fsp3) is 0.250. The van der Waals surface area contributed by atoms with Gasteiger partial charge in [-0.2, -0.15) is 0 Å². The Bertz CT molecular complexity index is 838. The summed E-state index contributed by atoms with van der Waals surface area (Å²) in [5, 5.41) is 0. The zero-order valence-corrected chi connectivity index (χ0v) is 16.8. The summed E-state index contributed by atoms with van der Waals surface area (Å²) in [6, 6.07) is 17.3. The van der Waals surface area contributed by atoms with Crippen molar-refractivity contribution in [1.82, 2.24) is 14.3 Å². The van der Waals surface area contributed by atoms with Crippen LogP contribution in [0.1, 0.15) is 11.3 Å². The molecule has 1 aromatic heterocycles. The number of halogens is 1. The molecule has 1 aliphatic rings. The van der Waals surface area contributed by atoms with Crippen molar-refractivity contribution < 1.29 is 0 Å². The van der Waals surface area contributed by atoms with Crippen molar-refractivity contribution in [2.24, 2.45) is 0 Å². The van der Waals surface area contributed by atoms with Crippen LogP contribution in [0.3, 0.4) is 0 Å². The van der Waals surface area contributed by atoms with Gasteiger partial charge >= 0.3 is 0 Å². The molecular weight excluding hydrogens is 408 g/mol. The van der Waals surface area contributed by atoms with Crippen molar-refractivity contribution in [2.75, 3.05) is 24.5 Å². The standard InChI is InChI=1S/C20H21BrN4S/c21-17-6-7-20-19(12-17)24(14-18-13-22-15-23-18)10-11-25(26-20)9-8-16-4-2-1-3-5-16/h1-7,12-13,15H,8-11,14H2,(H,22,23). The highest BCUT2D eigenvalue weighted by Crippen LogP contribution is 2.37. The van der Waals surface area contributed by atoms with Gasteiger partial charge in [0.25, 0.3) is 0 Å². The minimum Gasteiger partial charge on any atom is -0.363 e. The van der Waals surface area contributed by atoms with E-state index in [0.29, 0.717) is 0 Å². The molecular formula is C20H21BrN4S. The molecule has 2 heterocycles. The zero-order valence-electron chi connectivity index (χ0n) is 14.4. The monoisotopic (exact) mass is 428 g/mol. The highest BCUT2D eigenvalue weighted by atomic mass is 79.9. The molecule has 134 valence electrons. The number of aromatic amines is 1. The third-order valence-electron chi connectivity index (χ3n) is 4.51. The predicted octanol–water partition coefficient (Wildman–Crippen LogP) is 4.74. The van der Waals surface area contributed by atoms with Crippen molar-refractivity contribution >= 4 is 33.6 Å². The Kier molecular flexibility index (Phi) is 5.62. The fourth-order valence-corrected chi connectivity index (χ4v) is 4.54. The van der Waals surface area contributed by atoms with Gasteiger partial charge in [0.15, 0.2) is 0 Å². The number of nitrogens with zero attached hydrogens (tertiary/aromatic N) is 3. The molecule has 0 saturated carbocycles. The number of hydrogen-bond acceptors (Lipinski definition) is 4. The van der Waals surface area contributed by atoms with Crippen molar-refractivity contribution in [2.45, 2.75) is 17.9 Å². The summed E-state index contributed by atoms with van der Waals surface area (Å²) in [5.41, 5.74) is 3.73. The Hall–Kier alpha value is -1.76. The maximum Gasteiger partial charge on any atom is 0.0923 e. The minimum atomic E-state index is 0.819. The Morgan fingerprint density at radius 1 is 1.12 bits per heavy atom. The fourth-order valence-electron chi connectivity index (χ4n) is 3.15. The molecule has 0 unspecified atom stereocenters. The number of hydrogen-bond donors (Lipinski definition) is 1. The summed E-state index contributed by atoms with van der Waals surface area (Å²) < 4.78 is 3.59. The SMILES string of the molecule is Brc1ccc2c(c1)N(Cc1c[nH]cn1)CCN(CCc1ccccc1)S2. The molecule has 0 aliphatic carbocycles. The average molecular weight is 429 g/mol. The molecule has 1 aliphatic heterocycles. The molecule has 0 fully saturated rings. The lowest BCUT2D eigenvalue weighted by molar-refractivity contribution is 0.480. The molecule has 4 nitrogen and oxygen atoms in total. The maximum atomic E-state index is 4.40. The number of rotatable bonds is 5. The molecule has 0 spiro atoms. The van der Waals surface area contributed by atoms with Crippen LogP contribution < -0.4 is 4.90 Å². The normalized spacial score (nSPS) is 14.9. The Balaban J connectivity index is 1.51. The third kappa shape index (κ3) is 4.31. The second kappa shape index (κ2) is 8.29. The zero-order chi connectivity index (χ0) is 17.8. The summed E-state index contributed by atoms with van der Waals surface area (Å²) in [4.78, 5) is 11.2. The summed E-state index contributed by atoms with van der Waals surface area (Å²) in [6.07, 6.45) is 4.79. The van der Waals surface area contributed by atoms with Gasteiger partial charge in [-0.15, -0.1) is 0 Å². The molecule has 26 heavy (non-hydrogen) atoms. The van der Waals surface area contributed by atoms with E-state index in [-0.39, 0.29) is 0 Å². The molecule has 0 radical (unpaired) electrons. The number of aromatic nitrogens is 2. The molecule has 0 saturated heterocycles. The number of H-pyrrole nitrogens is 1. The van der Waals surface area contributed by atoms with Gasteiger partial charge < -0.3 is 9.88 Å². The van der Waals surface area contributed by atoms with E-state index in [2.05, 4.69) is 83.6 Å². The second-order valence-electron chi connectivity index (χ2n) is 6.35. The number of fused-ring (bicyclic) bond motifs is 1. The molecule has 3 aromatic rings. The summed E-state index contributed by atoms with van der Waals surface area (Å²) >= 11 is 5.49. The second-order valence-corrected chi connectivity index (χ2v) is 8.40. The number of benzene rings is 2. The van der Waals surface area contributed by atoms with E-state index >= 15 is 0 Å². The number of anilines is 1. The van der Waals surface area contributed by atoms with Crippen molar-refractivity contribution in [3.05, 3.63) is 76.8 Å². The van der Waals surface area contributed by atoms with Gasteiger partial charge in [-0.05, 0) is 42.1 Å². The van der Waals surface area contributed by atoms with Crippen molar-refractivity contribution in [3.8, 4) is 0 Å². The van der Waals surface area contributed by atoms with Crippen LogP contribution in [0.5, 0.6) is 0 Å². The third-order valence-corrected chi connectivity index (χ3v) is 6.17. The lowest BCUT2D eigenvalue weighted by atomic mass is 10.1. The van der Waals surface area contributed by atoms with Gasteiger partial charge in [0.1, 0.15) is 0 Å². The molecule has 1 N–H and O–H groups in total. The molecule has 0 bridgehead atoms. The minimum absolute atomic E-state index is 0.819. The highest BCUT2D eigenvalue weighted by Gasteiger charge is 2.21. The van der Waals surface area contributed by atoms with Crippen LogP contribution in [-0.2, 0) is 13.0 Å². The van der Waals surface area contributed by atoms with E-state index in [1.807, 2.05) is 18.1 Å². The van der Waals surface area contributed by atoms with Crippen molar-refractivity contribution in [1.29, 1.82) is 0 Å². The van der Waals surface area contributed by atoms with Crippen LogP contribution in [0.15, 0.2) is 70.4 Å². The van der Waals surface area contributed by atoms with E-state index in [1.165, 1.54) is 16.1 Å². The first-order valence-electron chi connectivity index (χ1n) is 8.77. The van der Waals surface area contributed by atoms with Crippen LogP contribution in [0.2, 0.25) is 0 Å². The smallest absolute Gasteiger partial charge is 0.0923 e. The van der Waals surface area contributed by atoms with Crippen molar-refractivity contribution in [3.63, 3.8) is 0 Å². The van der Waals surface area contributed by atoms with Gasteiger partial charge in [-0.1, -0.05) is 46.3 Å². The van der Waals surface area contributed by atoms with E-state index in [9.17, 15) is 0 Å². The predicted molar refractivity (Wildman–Crippen MR) is 111 cm³/mol. The summed E-state index contributed by atoms with van der Waals surface area (Å²) in [7, 11) is 0. The van der Waals surface area contributed by atoms with Gasteiger partial charge in [-0.3, -0.25) is 0 Å². The number of imidazole rings is 1. The quantitative estimate of drug-likeness (QED) is 0.594. The van der Waals surface area contributed by atoms with E-state index < -0.39 is 0 Å². The summed E-state index contributed by atoms with van der Waals surface area (Å²) in [6.45, 7) is 3.87. The van der Waals surface area contributed by atoms with Crippen LogP contribution in [-0.4, -0.2) is 33.9 Å². The first-order valence-corrected chi connectivity index (χ1v) is 10.3.